The van der Waals surface area contributed by atoms with Crippen LogP contribution in [0.25, 0.3) is 0 Å². The van der Waals surface area contributed by atoms with Gasteiger partial charge in [0, 0.05) is 18.7 Å². The van der Waals surface area contributed by atoms with Gasteiger partial charge >= 0.3 is 0 Å². The molecule has 0 radical (unpaired) electrons. The molecule has 0 saturated heterocycles. The summed E-state index contributed by atoms with van der Waals surface area (Å²) in [6.07, 6.45) is 2.34. The van der Waals surface area contributed by atoms with Crippen molar-refractivity contribution in [2.45, 2.75) is 32.9 Å². The number of carbonyl (C=O) groups excluding carboxylic acids is 2. The zero-order chi connectivity index (χ0) is 17.8. The average molecular weight is 339 g/mol. The smallest absolute Gasteiger partial charge is 0.247 e. The van der Waals surface area contributed by atoms with Crippen molar-refractivity contribution in [3.05, 3.63) is 54.1 Å². The Morgan fingerprint density at radius 1 is 1.28 bits per heavy atom. The molecule has 0 spiro atoms. The predicted molar refractivity (Wildman–Crippen MR) is 93.8 cm³/mol. The van der Waals surface area contributed by atoms with E-state index in [1.54, 1.807) is 0 Å². The number of hydrogen-bond donors (Lipinski definition) is 1. The molecule has 2 heterocycles. The number of rotatable bonds is 5. The summed E-state index contributed by atoms with van der Waals surface area (Å²) >= 11 is 0. The third kappa shape index (κ3) is 4.12. The van der Waals surface area contributed by atoms with Crippen molar-refractivity contribution >= 4 is 17.5 Å². The van der Waals surface area contributed by atoms with E-state index in [9.17, 15) is 9.59 Å². The highest BCUT2D eigenvalue weighted by Gasteiger charge is 2.22. The van der Waals surface area contributed by atoms with Gasteiger partial charge in [-0.2, -0.15) is 5.10 Å². The summed E-state index contributed by atoms with van der Waals surface area (Å²) in [7, 11) is 0. The molecule has 7 nitrogen and oxygen atoms in total. The fourth-order valence-electron chi connectivity index (χ4n) is 2.83. The van der Waals surface area contributed by atoms with Crippen LogP contribution in [0.2, 0.25) is 0 Å². The van der Waals surface area contributed by atoms with Gasteiger partial charge in [0.1, 0.15) is 11.6 Å². The van der Waals surface area contributed by atoms with Crippen molar-refractivity contribution in [2.75, 3.05) is 11.9 Å². The molecule has 7 heteroatoms. The minimum absolute atomic E-state index is 0.121. The molecule has 0 saturated carbocycles. The molecular formula is C18H21N5O2. The quantitative estimate of drug-likeness (QED) is 0.841. The fraction of sp³-hybridized carbons (Fsp3) is 0.333. The van der Waals surface area contributed by atoms with E-state index in [1.165, 1.54) is 6.08 Å². The van der Waals surface area contributed by atoms with E-state index >= 15 is 0 Å². The van der Waals surface area contributed by atoms with E-state index in [4.69, 9.17) is 0 Å². The molecular weight excluding hydrogens is 318 g/mol. The zero-order valence-corrected chi connectivity index (χ0v) is 14.2. The first-order chi connectivity index (χ1) is 12.0. The molecule has 0 atom stereocenters. The molecule has 2 amide bonds. The second-order valence-electron chi connectivity index (χ2n) is 6.00. The van der Waals surface area contributed by atoms with Crippen LogP contribution in [-0.4, -0.2) is 38.0 Å². The van der Waals surface area contributed by atoms with Gasteiger partial charge < -0.3 is 10.2 Å². The highest BCUT2D eigenvalue weighted by Crippen LogP contribution is 2.14. The Balaban J connectivity index is 1.52. The average Bonchev–Trinajstić information content (AvgIpc) is 2.99. The molecule has 1 aromatic heterocycles. The van der Waals surface area contributed by atoms with Crippen molar-refractivity contribution in [3.63, 3.8) is 0 Å². The molecule has 0 unspecified atom stereocenters. The molecule has 130 valence electrons. The Morgan fingerprint density at radius 3 is 2.76 bits per heavy atom. The summed E-state index contributed by atoms with van der Waals surface area (Å²) in [5.74, 6) is 1.47. The van der Waals surface area contributed by atoms with Crippen LogP contribution in [0, 0.1) is 6.92 Å². The van der Waals surface area contributed by atoms with Crippen LogP contribution < -0.4 is 5.32 Å². The summed E-state index contributed by atoms with van der Waals surface area (Å²) < 4.78 is 1.87. The minimum Gasteiger partial charge on any atom is -0.333 e. The topological polar surface area (TPSA) is 80.1 Å². The largest absolute Gasteiger partial charge is 0.333 e. The molecule has 3 rings (SSSR count). The SMILES string of the molecule is C=CC(=O)Nc1ccc(CCC(=O)N2CCn3nc(C)nc3C2)cc1. The zero-order valence-electron chi connectivity index (χ0n) is 14.2. The minimum atomic E-state index is -0.240. The highest BCUT2D eigenvalue weighted by atomic mass is 16.2. The van der Waals surface area contributed by atoms with Crippen LogP contribution >= 0.6 is 0 Å². The Bertz CT molecular complexity index is 794. The molecule has 1 aliphatic heterocycles. The van der Waals surface area contributed by atoms with Gasteiger partial charge in [0.05, 0.1) is 13.1 Å². The monoisotopic (exact) mass is 339 g/mol. The number of anilines is 1. The third-order valence-electron chi connectivity index (χ3n) is 4.16. The van der Waals surface area contributed by atoms with Crippen LogP contribution in [0.4, 0.5) is 5.69 Å². The van der Waals surface area contributed by atoms with E-state index in [1.807, 2.05) is 40.8 Å². The highest BCUT2D eigenvalue weighted by molar-refractivity contribution is 5.98. The number of aryl methyl sites for hydroxylation is 2. The van der Waals surface area contributed by atoms with Gasteiger partial charge in [-0.25, -0.2) is 9.67 Å². The van der Waals surface area contributed by atoms with Gasteiger partial charge in [0.25, 0.3) is 0 Å². The van der Waals surface area contributed by atoms with Crippen LogP contribution in [-0.2, 0) is 29.1 Å². The molecule has 0 bridgehead atoms. The van der Waals surface area contributed by atoms with Gasteiger partial charge in [-0.15, -0.1) is 0 Å². The Hall–Kier alpha value is -2.96. The molecule has 1 N–H and O–H groups in total. The van der Waals surface area contributed by atoms with Crippen LogP contribution in [0.5, 0.6) is 0 Å². The van der Waals surface area contributed by atoms with Crippen molar-refractivity contribution in [1.29, 1.82) is 0 Å². The fourth-order valence-corrected chi connectivity index (χ4v) is 2.83. The van der Waals surface area contributed by atoms with Crippen molar-refractivity contribution in [3.8, 4) is 0 Å². The second-order valence-corrected chi connectivity index (χ2v) is 6.00. The lowest BCUT2D eigenvalue weighted by Gasteiger charge is -2.26. The Kier molecular flexibility index (Phi) is 4.92. The van der Waals surface area contributed by atoms with Crippen molar-refractivity contribution in [1.82, 2.24) is 19.7 Å². The normalized spacial score (nSPS) is 13.2. The van der Waals surface area contributed by atoms with Gasteiger partial charge in [-0.1, -0.05) is 18.7 Å². The second kappa shape index (κ2) is 7.29. The molecule has 1 aliphatic rings. The van der Waals surface area contributed by atoms with Gasteiger partial charge in [-0.3, -0.25) is 9.59 Å². The third-order valence-corrected chi connectivity index (χ3v) is 4.16. The predicted octanol–water partition coefficient (Wildman–Crippen LogP) is 1.69. The van der Waals surface area contributed by atoms with E-state index < -0.39 is 0 Å². The Morgan fingerprint density at radius 2 is 2.04 bits per heavy atom. The summed E-state index contributed by atoms with van der Waals surface area (Å²) in [5.41, 5.74) is 1.77. The maximum atomic E-state index is 12.4. The Labute approximate surface area is 146 Å². The lowest BCUT2D eigenvalue weighted by molar-refractivity contribution is -0.132. The lowest BCUT2D eigenvalue weighted by atomic mass is 10.1. The molecule has 0 fully saturated rings. The number of nitrogens with zero attached hydrogens (tertiary/aromatic N) is 4. The first-order valence-corrected chi connectivity index (χ1v) is 8.25. The summed E-state index contributed by atoms with van der Waals surface area (Å²) in [6, 6.07) is 7.49. The standard InChI is InChI=1S/C18H21N5O2/c1-3-17(24)20-15-7-4-14(5-8-15)6-9-18(25)22-10-11-23-16(12-22)19-13(2)21-23/h3-5,7-8H,1,6,9-12H2,2H3,(H,20,24). The van der Waals surface area contributed by atoms with Crippen LogP contribution in [0.1, 0.15) is 23.6 Å². The number of aromatic nitrogens is 3. The number of benzene rings is 1. The number of fused-ring (bicyclic) bond motifs is 1. The first-order valence-electron chi connectivity index (χ1n) is 8.25. The number of hydrogen-bond acceptors (Lipinski definition) is 4. The molecule has 25 heavy (non-hydrogen) atoms. The molecule has 0 aliphatic carbocycles. The van der Waals surface area contributed by atoms with E-state index in [0.717, 1.165) is 17.2 Å². The van der Waals surface area contributed by atoms with Crippen LogP contribution in [0.15, 0.2) is 36.9 Å². The maximum Gasteiger partial charge on any atom is 0.247 e. The molecule has 2 aromatic rings. The first kappa shape index (κ1) is 16.9. The maximum absolute atomic E-state index is 12.4. The summed E-state index contributed by atoms with van der Waals surface area (Å²) in [5, 5.41) is 7.00. The lowest BCUT2D eigenvalue weighted by Crippen LogP contribution is -2.38. The van der Waals surface area contributed by atoms with Crippen molar-refractivity contribution < 1.29 is 9.59 Å². The van der Waals surface area contributed by atoms with Gasteiger partial charge in [0.2, 0.25) is 11.8 Å². The van der Waals surface area contributed by atoms with E-state index in [2.05, 4.69) is 22.0 Å². The number of nitrogens with one attached hydrogen (secondary N) is 1. The van der Waals surface area contributed by atoms with Gasteiger partial charge in [-0.05, 0) is 37.1 Å². The van der Waals surface area contributed by atoms with E-state index in [-0.39, 0.29) is 11.8 Å². The van der Waals surface area contributed by atoms with Crippen LogP contribution in [0.3, 0.4) is 0 Å². The summed E-state index contributed by atoms with van der Waals surface area (Å²) in [6.45, 7) is 7.16. The number of carbonyl (C=O) groups is 2. The molecule has 1 aromatic carbocycles. The summed E-state index contributed by atoms with van der Waals surface area (Å²) in [4.78, 5) is 29.9. The van der Waals surface area contributed by atoms with Gasteiger partial charge in [0.15, 0.2) is 0 Å². The number of amides is 2. The van der Waals surface area contributed by atoms with E-state index in [0.29, 0.717) is 38.2 Å². The van der Waals surface area contributed by atoms with Crippen molar-refractivity contribution in [2.24, 2.45) is 0 Å².